The molecule has 0 aromatic heterocycles. The smallest absolute Gasteiger partial charge is 0.225 e. The average Bonchev–Trinajstić information content (AvgIpc) is 2.27. The van der Waals surface area contributed by atoms with Crippen molar-refractivity contribution in [2.75, 3.05) is 19.6 Å². The summed E-state index contributed by atoms with van der Waals surface area (Å²) >= 11 is 0. The Bertz CT molecular complexity index is 263. The first kappa shape index (κ1) is 12.9. The van der Waals surface area contributed by atoms with Crippen molar-refractivity contribution in [3.63, 3.8) is 0 Å². The van der Waals surface area contributed by atoms with Crippen molar-refractivity contribution in [2.24, 2.45) is 11.8 Å². The maximum atomic E-state index is 12.4. The molecule has 0 aromatic carbocycles. The number of nitrogens with one attached hydrogen (secondary N) is 1. The van der Waals surface area contributed by atoms with Gasteiger partial charge in [0.2, 0.25) is 5.91 Å². The molecule has 0 bridgehead atoms. The summed E-state index contributed by atoms with van der Waals surface area (Å²) in [5.74, 6) is 1.47. The van der Waals surface area contributed by atoms with Gasteiger partial charge in [-0.3, -0.25) is 4.79 Å². The van der Waals surface area contributed by atoms with E-state index in [1.165, 1.54) is 19.3 Å². The molecule has 3 heteroatoms. The van der Waals surface area contributed by atoms with E-state index in [1.54, 1.807) is 0 Å². The lowest BCUT2D eigenvalue weighted by molar-refractivity contribution is -0.137. The third kappa shape index (κ3) is 3.21. The van der Waals surface area contributed by atoms with E-state index >= 15 is 0 Å². The first-order valence-electron chi connectivity index (χ1n) is 7.23. The zero-order valence-electron chi connectivity index (χ0n) is 11.2. The molecular formula is C14H26N2O. The molecule has 1 aliphatic heterocycles. The molecule has 1 heterocycles. The Kier molecular flexibility index (Phi) is 4.43. The van der Waals surface area contributed by atoms with Gasteiger partial charge >= 0.3 is 0 Å². The van der Waals surface area contributed by atoms with Crippen LogP contribution >= 0.6 is 0 Å². The van der Waals surface area contributed by atoms with Gasteiger partial charge < -0.3 is 10.2 Å². The van der Waals surface area contributed by atoms with E-state index in [0.29, 0.717) is 11.9 Å². The Morgan fingerprint density at radius 2 is 2.12 bits per heavy atom. The second-order valence-corrected chi connectivity index (χ2v) is 5.75. The van der Waals surface area contributed by atoms with Gasteiger partial charge in [-0.2, -0.15) is 0 Å². The van der Waals surface area contributed by atoms with E-state index in [0.717, 1.165) is 38.4 Å². The molecule has 2 fully saturated rings. The molecule has 3 nitrogen and oxygen atoms in total. The van der Waals surface area contributed by atoms with E-state index < -0.39 is 0 Å². The Balaban J connectivity index is 1.86. The Morgan fingerprint density at radius 1 is 1.35 bits per heavy atom. The molecule has 1 saturated heterocycles. The van der Waals surface area contributed by atoms with Gasteiger partial charge in [-0.25, -0.2) is 0 Å². The zero-order valence-corrected chi connectivity index (χ0v) is 11.2. The summed E-state index contributed by atoms with van der Waals surface area (Å²) in [7, 11) is 0. The van der Waals surface area contributed by atoms with Crippen molar-refractivity contribution in [2.45, 2.75) is 52.0 Å². The molecule has 2 atom stereocenters. The molecule has 1 aliphatic carbocycles. The van der Waals surface area contributed by atoms with Crippen molar-refractivity contribution >= 4 is 5.91 Å². The lowest BCUT2D eigenvalue weighted by Crippen LogP contribution is -2.46. The van der Waals surface area contributed by atoms with Crippen LogP contribution < -0.4 is 5.32 Å². The van der Waals surface area contributed by atoms with Gasteiger partial charge in [-0.15, -0.1) is 0 Å². The quantitative estimate of drug-likeness (QED) is 0.812. The van der Waals surface area contributed by atoms with Gasteiger partial charge in [0, 0.05) is 25.0 Å². The Hall–Kier alpha value is -0.570. The van der Waals surface area contributed by atoms with Gasteiger partial charge in [0.25, 0.3) is 0 Å². The minimum absolute atomic E-state index is 0.270. The lowest BCUT2D eigenvalue weighted by Gasteiger charge is -2.35. The number of piperidine rings is 1. The topological polar surface area (TPSA) is 32.3 Å². The van der Waals surface area contributed by atoms with Gasteiger partial charge in [0.1, 0.15) is 0 Å². The first-order valence-corrected chi connectivity index (χ1v) is 7.23. The number of rotatable bonds is 4. The molecule has 17 heavy (non-hydrogen) atoms. The van der Waals surface area contributed by atoms with Crippen LogP contribution in [0.3, 0.4) is 0 Å². The third-order valence-corrected chi connectivity index (χ3v) is 4.37. The van der Waals surface area contributed by atoms with Crippen molar-refractivity contribution in [1.29, 1.82) is 0 Å². The molecule has 2 aliphatic rings. The van der Waals surface area contributed by atoms with Crippen molar-refractivity contribution in [3.8, 4) is 0 Å². The fraction of sp³-hybridized carbons (Fsp3) is 0.929. The van der Waals surface area contributed by atoms with E-state index in [9.17, 15) is 4.79 Å². The van der Waals surface area contributed by atoms with E-state index in [-0.39, 0.29) is 5.92 Å². The van der Waals surface area contributed by atoms with Crippen LogP contribution in [0.4, 0.5) is 0 Å². The summed E-state index contributed by atoms with van der Waals surface area (Å²) in [4.78, 5) is 14.6. The van der Waals surface area contributed by atoms with Crippen LogP contribution in [0, 0.1) is 11.8 Å². The second kappa shape index (κ2) is 5.85. The van der Waals surface area contributed by atoms with Crippen molar-refractivity contribution < 1.29 is 4.79 Å². The average molecular weight is 238 g/mol. The van der Waals surface area contributed by atoms with E-state index in [1.807, 2.05) is 0 Å². The summed E-state index contributed by atoms with van der Waals surface area (Å²) in [5.41, 5.74) is 0. The van der Waals surface area contributed by atoms with Gasteiger partial charge in [-0.05, 0) is 52.0 Å². The SMILES string of the molecule is CCN(CC1CCC1)C(=O)C1CCNC(C)C1. The number of hydrogen-bond donors (Lipinski definition) is 1. The van der Waals surface area contributed by atoms with E-state index in [4.69, 9.17) is 0 Å². The molecule has 0 aromatic rings. The zero-order chi connectivity index (χ0) is 12.3. The number of amides is 1. The minimum atomic E-state index is 0.270. The number of carbonyl (C=O) groups is 1. The van der Waals surface area contributed by atoms with Gasteiger partial charge in [-0.1, -0.05) is 6.42 Å². The van der Waals surface area contributed by atoms with Crippen LogP contribution in [0.2, 0.25) is 0 Å². The highest BCUT2D eigenvalue weighted by atomic mass is 16.2. The monoisotopic (exact) mass is 238 g/mol. The molecule has 0 radical (unpaired) electrons. The third-order valence-electron chi connectivity index (χ3n) is 4.37. The summed E-state index contributed by atoms with van der Waals surface area (Å²) in [6, 6.07) is 0.500. The fourth-order valence-electron chi connectivity index (χ4n) is 2.98. The van der Waals surface area contributed by atoms with Crippen LogP contribution in [0.15, 0.2) is 0 Å². The van der Waals surface area contributed by atoms with E-state index in [2.05, 4.69) is 24.1 Å². The normalized spacial score (nSPS) is 29.8. The Morgan fingerprint density at radius 3 is 2.65 bits per heavy atom. The summed E-state index contributed by atoms with van der Waals surface area (Å²) in [6.07, 6.45) is 6.05. The molecule has 1 saturated carbocycles. The number of nitrogens with zero attached hydrogens (tertiary/aromatic N) is 1. The summed E-state index contributed by atoms with van der Waals surface area (Å²) in [5, 5.41) is 3.42. The maximum absolute atomic E-state index is 12.4. The molecule has 2 unspecified atom stereocenters. The van der Waals surface area contributed by atoms with Crippen LogP contribution in [-0.2, 0) is 4.79 Å². The highest BCUT2D eigenvalue weighted by molar-refractivity contribution is 5.79. The largest absolute Gasteiger partial charge is 0.342 e. The van der Waals surface area contributed by atoms with Crippen LogP contribution in [0.1, 0.15) is 46.0 Å². The van der Waals surface area contributed by atoms with Gasteiger partial charge in [0.15, 0.2) is 0 Å². The molecule has 2 rings (SSSR count). The predicted molar refractivity (Wildman–Crippen MR) is 69.8 cm³/mol. The van der Waals surface area contributed by atoms with Crippen molar-refractivity contribution in [1.82, 2.24) is 10.2 Å². The molecule has 1 N–H and O–H groups in total. The van der Waals surface area contributed by atoms with Crippen molar-refractivity contribution in [3.05, 3.63) is 0 Å². The maximum Gasteiger partial charge on any atom is 0.225 e. The number of carbonyl (C=O) groups excluding carboxylic acids is 1. The molecular weight excluding hydrogens is 212 g/mol. The first-order chi connectivity index (χ1) is 8.20. The highest BCUT2D eigenvalue weighted by Gasteiger charge is 2.30. The number of hydrogen-bond acceptors (Lipinski definition) is 2. The van der Waals surface area contributed by atoms with Crippen LogP contribution in [-0.4, -0.2) is 36.5 Å². The van der Waals surface area contributed by atoms with Crippen LogP contribution in [0.5, 0.6) is 0 Å². The second-order valence-electron chi connectivity index (χ2n) is 5.75. The van der Waals surface area contributed by atoms with Gasteiger partial charge in [0.05, 0.1) is 0 Å². The molecule has 0 spiro atoms. The summed E-state index contributed by atoms with van der Waals surface area (Å²) in [6.45, 7) is 7.18. The predicted octanol–water partition coefficient (Wildman–Crippen LogP) is 2.02. The van der Waals surface area contributed by atoms with Crippen LogP contribution in [0.25, 0.3) is 0 Å². The molecule has 1 amide bonds. The Labute approximate surface area is 105 Å². The lowest BCUT2D eigenvalue weighted by atomic mass is 9.84. The molecule has 98 valence electrons. The highest BCUT2D eigenvalue weighted by Crippen LogP contribution is 2.28. The fourth-order valence-corrected chi connectivity index (χ4v) is 2.98. The minimum Gasteiger partial charge on any atom is -0.342 e. The standard InChI is InChI=1S/C14H26N2O/c1-3-16(10-12-5-4-6-12)14(17)13-7-8-15-11(2)9-13/h11-13,15H,3-10H2,1-2H3. The summed E-state index contributed by atoms with van der Waals surface area (Å²) < 4.78 is 0.